The van der Waals surface area contributed by atoms with Crippen LogP contribution in [0.3, 0.4) is 0 Å². The molecule has 1 aromatic heterocycles. The number of piperazine rings is 1. The van der Waals surface area contributed by atoms with Crippen molar-refractivity contribution in [3.63, 3.8) is 0 Å². The molecule has 4 heterocycles. The van der Waals surface area contributed by atoms with Gasteiger partial charge in [-0.3, -0.25) is 9.69 Å². The van der Waals surface area contributed by atoms with Crippen LogP contribution >= 0.6 is 0 Å². The van der Waals surface area contributed by atoms with Crippen LogP contribution in [0.15, 0.2) is 48.5 Å². The van der Waals surface area contributed by atoms with E-state index in [1.807, 2.05) is 36.4 Å². The van der Waals surface area contributed by atoms with Gasteiger partial charge in [0.1, 0.15) is 11.4 Å². The van der Waals surface area contributed by atoms with Gasteiger partial charge in [0.05, 0.1) is 7.11 Å². The molecule has 234 valence electrons. The van der Waals surface area contributed by atoms with Gasteiger partial charge >= 0.3 is 0 Å². The van der Waals surface area contributed by atoms with Crippen molar-refractivity contribution >= 4 is 28.9 Å². The third kappa shape index (κ3) is 7.06. The van der Waals surface area contributed by atoms with Gasteiger partial charge in [-0.2, -0.15) is 0 Å². The summed E-state index contributed by atoms with van der Waals surface area (Å²) < 4.78 is 11.0. The zero-order chi connectivity index (χ0) is 30.5. The SMILES string of the molecule is COc1cccc(-c2nc(C(N)=O)c(Nc3ccc(N4CCC(N5CCN(C)CC5)CC4)cc3)nc2NC2CCOCC2)c1. The second-order valence-corrected chi connectivity index (χ2v) is 12.0. The number of likely N-dealkylation sites (N-methyl/N-ethyl adjacent to an activating group) is 1. The normalized spacial score (nSPS) is 19.1. The van der Waals surface area contributed by atoms with Gasteiger partial charge in [0, 0.05) is 81.5 Å². The van der Waals surface area contributed by atoms with Gasteiger partial charge in [-0.25, -0.2) is 9.97 Å². The summed E-state index contributed by atoms with van der Waals surface area (Å²) in [6.07, 6.45) is 4.08. The molecule has 6 rings (SSSR count). The molecule has 2 aromatic carbocycles. The lowest BCUT2D eigenvalue weighted by atomic mass is 10.0. The van der Waals surface area contributed by atoms with Gasteiger partial charge in [0.2, 0.25) is 0 Å². The monoisotopic (exact) mass is 600 g/mol. The molecule has 3 aliphatic heterocycles. The Balaban J connectivity index is 1.20. The molecule has 11 heteroatoms. The maximum Gasteiger partial charge on any atom is 0.271 e. The number of nitrogens with two attached hydrogens (primary N) is 1. The van der Waals surface area contributed by atoms with E-state index in [4.69, 9.17) is 25.2 Å². The first-order chi connectivity index (χ1) is 21.5. The molecule has 0 radical (unpaired) electrons. The topological polar surface area (TPSA) is 121 Å². The molecule has 0 unspecified atom stereocenters. The largest absolute Gasteiger partial charge is 0.497 e. The number of carbonyl (C=O) groups is 1. The highest BCUT2D eigenvalue weighted by atomic mass is 16.5. The maximum atomic E-state index is 12.6. The summed E-state index contributed by atoms with van der Waals surface area (Å²) >= 11 is 0. The average Bonchev–Trinajstić information content (AvgIpc) is 3.06. The van der Waals surface area contributed by atoms with Gasteiger partial charge in [-0.05, 0) is 69.1 Å². The van der Waals surface area contributed by atoms with Crippen LogP contribution in [0.4, 0.5) is 23.0 Å². The first-order valence-corrected chi connectivity index (χ1v) is 15.7. The van der Waals surface area contributed by atoms with Gasteiger partial charge in [0.15, 0.2) is 17.3 Å². The summed E-state index contributed by atoms with van der Waals surface area (Å²) in [5, 5.41) is 6.88. The fourth-order valence-electron chi connectivity index (χ4n) is 6.37. The Hall–Kier alpha value is -3.93. The summed E-state index contributed by atoms with van der Waals surface area (Å²) in [5.41, 5.74) is 9.26. The van der Waals surface area contributed by atoms with Crippen LogP contribution in [0.1, 0.15) is 36.2 Å². The Labute approximate surface area is 259 Å². The molecule has 0 atom stereocenters. The molecule has 11 nitrogen and oxygen atoms in total. The van der Waals surface area contributed by atoms with E-state index in [-0.39, 0.29) is 11.7 Å². The van der Waals surface area contributed by atoms with E-state index in [1.54, 1.807) is 7.11 Å². The maximum absolute atomic E-state index is 12.6. The molecule has 3 saturated heterocycles. The van der Waals surface area contributed by atoms with Crippen molar-refractivity contribution in [2.45, 2.75) is 37.8 Å². The average molecular weight is 601 g/mol. The summed E-state index contributed by atoms with van der Waals surface area (Å²) in [6, 6.07) is 16.7. The van der Waals surface area contributed by atoms with Crippen LogP contribution in [-0.4, -0.2) is 104 Å². The molecule has 1 amide bonds. The van der Waals surface area contributed by atoms with Crippen LogP contribution in [-0.2, 0) is 4.74 Å². The molecule has 3 aromatic rings. The highest BCUT2D eigenvalue weighted by Gasteiger charge is 2.27. The molecule has 0 bridgehead atoms. The summed E-state index contributed by atoms with van der Waals surface area (Å²) in [6.45, 7) is 8.13. The minimum Gasteiger partial charge on any atom is -0.497 e. The summed E-state index contributed by atoms with van der Waals surface area (Å²) in [7, 11) is 3.83. The number of rotatable bonds is 9. The standard InChI is InChI=1S/C33H44N8O3/c1-39-16-18-41(19-17-39)27-10-14-40(15-11-27)26-8-6-24(7-9-26)35-33-30(31(34)42)37-29(23-4-3-5-28(22-23)43-2)32(38-33)36-25-12-20-44-21-13-25/h3-9,22,25,27H,10-21H2,1-2H3,(H2,34,42)(H2,35,36,38). The van der Waals surface area contributed by atoms with Crippen LogP contribution in [0.2, 0.25) is 0 Å². The van der Waals surface area contributed by atoms with E-state index in [1.165, 1.54) is 31.6 Å². The fourth-order valence-corrected chi connectivity index (χ4v) is 6.37. The van der Waals surface area contributed by atoms with Crippen molar-refractivity contribution in [3.8, 4) is 17.0 Å². The van der Waals surface area contributed by atoms with E-state index in [2.05, 4.69) is 44.5 Å². The number of piperidine rings is 1. The molecule has 3 fully saturated rings. The van der Waals surface area contributed by atoms with E-state index in [0.29, 0.717) is 42.3 Å². The zero-order valence-electron chi connectivity index (χ0n) is 25.8. The first-order valence-electron chi connectivity index (χ1n) is 15.7. The highest BCUT2D eigenvalue weighted by Crippen LogP contribution is 2.33. The quantitative estimate of drug-likeness (QED) is 0.334. The van der Waals surface area contributed by atoms with Crippen molar-refractivity contribution in [3.05, 3.63) is 54.2 Å². The number of ether oxygens (including phenoxy) is 2. The Bertz CT molecular complexity index is 1410. The number of nitrogens with one attached hydrogen (secondary N) is 2. The number of nitrogens with zero attached hydrogens (tertiary/aromatic N) is 5. The second-order valence-electron chi connectivity index (χ2n) is 12.0. The summed E-state index contributed by atoms with van der Waals surface area (Å²) in [5.74, 6) is 0.936. The molecular formula is C33H44N8O3. The van der Waals surface area contributed by atoms with Gasteiger partial charge in [0.25, 0.3) is 5.91 Å². The third-order valence-corrected chi connectivity index (χ3v) is 9.05. The zero-order valence-corrected chi connectivity index (χ0v) is 25.8. The van der Waals surface area contributed by atoms with Crippen molar-refractivity contribution in [2.75, 3.05) is 82.2 Å². The number of aromatic nitrogens is 2. The fraction of sp³-hybridized carbons (Fsp3) is 0.485. The number of methoxy groups -OCH3 is 1. The molecule has 44 heavy (non-hydrogen) atoms. The van der Waals surface area contributed by atoms with Crippen LogP contribution in [0.25, 0.3) is 11.3 Å². The number of hydrogen-bond acceptors (Lipinski definition) is 10. The van der Waals surface area contributed by atoms with Gasteiger partial charge in [-0.1, -0.05) is 12.1 Å². The molecule has 0 spiro atoms. The Kier molecular flexibility index (Phi) is 9.44. The number of amides is 1. The van der Waals surface area contributed by atoms with Crippen LogP contribution in [0, 0.1) is 0 Å². The molecule has 0 saturated carbocycles. The molecule has 0 aliphatic carbocycles. The van der Waals surface area contributed by atoms with Gasteiger partial charge in [-0.15, -0.1) is 0 Å². The molecular weight excluding hydrogens is 556 g/mol. The van der Waals surface area contributed by atoms with E-state index in [0.717, 1.165) is 50.3 Å². The predicted octanol–water partition coefficient (Wildman–Crippen LogP) is 3.80. The molecule has 3 aliphatic rings. The Morgan fingerprint density at radius 2 is 1.66 bits per heavy atom. The first kappa shape index (κ1) is 30.1. The minimum atomic E-state index is -0.651. The van der Waals surface area contributed by atoms with Crippen molar-refractivity contribution < 1.29 is 14.3 Å². The number of primary amides is 1. The van der Waals surface area contributed by atoms with Crippen molar-refractivity contribution in [1.29, 1.82) is 0 Å². The van der Waals surface area contributed by atoms with Crippen LogP contribution < -0.4 is 26.0 Å². The lowest BCUT2D eigenvalue weighted by Gasteiger charge is -2.42. The smallest absolute Gasteiger partial charge is 0.271 e. The van der Waals surface area contributed by atoms with Crippen molar-refractivity contribution in [1.82, 2.24) is 19.8 Å². The Morgan fingerprint density at radius 3 is 2.34 bits per heavy atom. The number of anilines is 4. The number of hydrogen-bond donors (Lipinski definition) is 3. The van der Waals surface area contributed by atoms with E-state index in [9.17, 15) is 4.79 Å². The summed E-state index contributed by atoms with van der Waals surface area (Å²) in [4.78, 5) is 29.8. The predicted molar refractivity (Wildman–Crippen MR) is 174 cm³/mol. The number of carbonyl (C=O) groups excluding carboxylic acids is 1. The lowest BCUT2D eigenvalue weighted by molar-refractivity contribution is 0.0904. The van der Waals surface area contributed by atoms with Gasteiger partial charge < -0.3 is 35.6 Å². The van der Waals surface area contributed by atoms with E-state index >= 15 is 0 Å². The second kappa shape index (κ2) is 13.8. The highest BCUT2D eigenvalue weighted by molar-refractivity contribution is 5.97. The van der Waals surface area contributed by atoms with Crippen molar-refractivity contribution in [2.24, 2.45) is 5.73 Å². The minimum absolute atomic E-state index is 0.0791. The number of benzene rings is 2. The Morgan fingerprint density at radius 1 is 0.932 bits per heavy atom. The van der Waals surface area contributed by atoms with E-state index < -0.39 is 5.91 Å². The third-order valence-electron chi connectivity index (χ3n) is 9.05. The lowest BCUT2D eigenvalue weighted by Crippen LogP contribution is -2.52. The molecule has 4 N–H and O–H groups in total. The van der Waals surface area contributed by atoms with Crippen LogP contribution in [0.5, 0.6) is 5.75 Å².